The van der Waals surface area contributed by atoms with Crippen molar-refractivity contribution in [2.45, 2.75) is 30.5 Å². The lowest BCUT2D eigenvalue weighted by atomic mass is 10.0. The molecule has 1 rings (SSSR count). The van der Waals surface area contributed by atoms with E-state index in [1.807, 2.05) is 0 Å². The van der Waals surface area contributed by atoms with Crippen LogP contribution in [0, 0.1) is 5.92 Å². The van der Waals surface area contributed by atoms with E-state index in [-0.39, 0.29) is 4.83 Å². The predicted octanol–water partition coefficient (Wildman–Crippen LogP) is 2.02. The van der Waals surface area contributed by atoms with E-state index in [0.717, 1.165) is 12.8 Å². The summed E-state index contributed by atoms with van der Waals surface area (Å²) in [4.78, 5) is 10.1. The van der Waals surface area contributed by atoms with Crippen LogP contribution in [-0.4, -0.2) is 15.9 Å². The normalized spacial score (nSPS) is 22.9. The molecule has 1 saturated carbocycles. The molecule has 0 saturated heterocycles. The van der Waals surface area contributed by atoms with E-state index >= 15 is 0 Å². The van der Waals surface area contributed by atoms with Gasteiger partial charge in [0.1, 0.15) is 4.83 Å². The third kappa shape index (κ3) is 1.72. The maximum absolute atomic E-state index is 10.4. The highest BCUT2D eigenvalue weighted by Gasteiger charge is 2.27. The first-order valence-electron chi connectivity index (χ1n) is 3.58. The second kappa shape index (κ2) is 3.37. The molecule has 0 aromatic heterocycles. The predicted molar refractivity (Wildman–Crippen MR) is 42.3 cm³/mol. The molecule has 1 aliphatic rings. The minimum Gasteiger partial charge on any atom is -0.480 e. The fourth-order valence-electron chi connectivity index (χ4n) is 1.45. The molecule has 0 heterocycles. The lowest BCUT2D eigenvalue weighted by molar-refractivity contribution is -0.137. The zero-order valence-electron chi connectivity index (χ0n) is 5.72. The smallest absolute Gasteiger partial charge is 0.317 e. The van der Waals surface area contributed by atoms with Gasteiger partial charge >= 0.3 is 5.97 Å². The van der Waals surface area contributed by atoms with E-state index in [0.29, 0.717) is 5.92 Å². The number of carbonyl (C=O) groups is 1. The zero-order valence-corrected chi connectivity index (χ0v) is 7.30. The SMILES string of the molecule is O=C(O)[C@@H](Br)C1CCCC1. The third-order valence-electron chi connectivity index (χ3n) is 2.05. The van der Waals surface area contributed by atoms with Gasteiger partial charge in [-0.05, 0) is 18.8 Å². The Balaban J connectivity index is 2.39. The van der Waals surface area contributed by atoms with E-state index in [2.05, 4.69) is 15.9 Å². The van der Waals surface area contributed by atoms with Gasteiger partial charge in [0, 0.05) is 0 Å². The maximum atomic E-state index is 10.4. The molecule has 1 fully saturated rings. The molecule has 0 aliphatic heterocycles. The van der Waals surface area contributed by atoms with Crippen molar-refractivity contribution in [3.63, 3.8) is 0 Å². The Morgan fingerprint density at radius 1 is 1.50 bits per heavy atom. The number of carboxylic acids is 1. The number of alkyl halides is 1. The van der Waals surface area contributed by atoms with Gasteiger partial charge in [-0.15, -0.1) is 0 Å². The Kier molecular flexibility index (Phi) is 2.72. The first kappa shape index (κ1) is 8.05. The molecule has 0 amide bonds. The lowest BCUT2D eigenvalue weighted by Crippen LogP contribution is -2.20. The monoisotopic (exact) mass is 206 g/mol. The molecule has 58 valence electrons. The van der Waals surface area contributed by atoms with Gasteiger partial charge in [0.15, 0.2) is 0 Å². The quantitative estimate of drug-likeness (QED) is 0.703. The Hall–Kier alpha value is -0.0500. The average Bonchev–Trinajstić information content (AvgIpc) is 2.36. The summed E-state index contributed by atoms with van der Waals surface area (Å²) in [5.74, 6) is -0.343. The molecule has 0 aromatic rings. The number of carboxylic acid groups (broad SMARTS) is 1. The van der Waals surface area contributed by atoms with Crippen LogP contribution in [0.25, 0.3) is 0 Å². The van der Waals surface area contributed by atoms with Crippen molar-refractivity contribution in [3.05, 3.63) is 0 Å². The van der Waals surface area contributed by atoms with E-state index in [4.69, 9.17) is 5.11 Å². The maximum Gasteiger partial charge on any atom is 0.317 e. The summed E-state index contributed by atoms with van der Waals surface area (Å²) in [5, 5.41) is 8.60. The van der Waals surface area contributed by atoms with Gasteiger partial charge < -0.3 is 5.11 Å². The molecule has 1 N–H and O–H groups in total. The molecule has 10 heavy (non-hydrogen) atoms. The topological polar surface area (TPSA) is 37.3 Å². The second-order valence-electron chi connectivity index (χ2n) is 2.78. The summed E-state index contributed by atoms with van der Waals surface area (Å²) in [6, 6.07) is 0. The summed E-state index contributed by atoms with van der Waals surface area (Å²) in [7, 11) is 0. The molecule has 1 aliphatic carbocycles. The van der Waals surface area contributed by atoms with Gasteiger partial charge in [0.2, 0.25) is 0 Å². The number of hydrogen-bond acceptors (Lipinski definition) is 1. The summed E-state index contributed by atoms with van der Waals surface area (Å²) in [5.41, 5.74) is 0. The van der Waals surface area contributed by atoms with Crippen molar-refractivity contribution in [2.75, 3.05) is 0 Å². The van der Waals surface area contributed by atoms with Gasteiger partial charge in [-0.3, -0.25) is 4.79 Å². The van der Waals surface area contributed by atoms with E-state index in [9.17, 15) is 4.79 Å². The number of rotatable bonds is 2. The highest BCUT2D eigenvalue weighted by molar-refractivity contribution is 9.10. The van der Waals surface area contributed by atoms with Crippen LogP contribution in [0.2, 0.25) is 0 Å². The standard InChI is InChI=1S/C7H11BrO2/c8-6(7(9)10)5-3-1-2-4-5/h5-6H,1-4H2,(H,9,10)/t6-/m0/s1. The fourth-order valence-corrected chi connectivity index (χ4v) is 1.98. The van der Waals surface area contributed by atoms with Gasteiger partial charge in [0.25, 0.3) is 0 Å². The fraction of sp³-hybridized carbons (Fsp3) is 0.857. The van der Waals surface area contributed by atoms with Crippen molar-refractivity contribution in [1.82, 2.24) is 0 Å². The van der Waals surface area contributed by atoms with Crippen LogP contribution in [0.1, 0.15) is 25.7 Å². The van der Waals surface area contributed by atoms with Crippen molar-refractivity contribution in [3.8, 4) is 0 Å². The van der Waals surface area contributed by atoms with Gasteiger partial charge in [-0.1, -0.05) is 28.8 Å². The van der Waals surface area contributed by atoms with Crippen LogP contribution in [0.3, 0.4) is 0 Å². The molecule has 1 atom stereocenters. The van der Waals surface area contributed by atoms with Crippen LogP contribution in [-0.2, 0) is 4.79 Å². The first-order chi connectivity index (χ1) is 4.72. The average molecular weight is 207 g/mol. The minimum absolute atomic E-state index is 0.310. The third-order valence-corrected chi connectivity index (χ3v) is 3.19. The molecular weight excluding hydrogens is 196 g/mol. The van der Waals surface area contributed by atoms with Gasteiger partial charge in [-0.2, -0.15) is 0 Å². The van der Waals surface area contributed by atoms with Crippen LogP contribution in [0.5, 0.6) is 0 Å². The first-order valence-corrected chi connectivity index (χ1v) is 4.50. The van der Waals surface area contributed by atoms with Crippen LogP contribution in [0.15, 0.2) is 0 Å². The Bertz CT molecular complexity index is 130. The highest BCUT2D eigenvalue weighted by Crippen LogP contribution is 2.31. The summed E-state index contributed by atoms with van der Waals surface area (Å²) in [6.45, 7) is 0. The Labute approximate surface area is 68.7 Å². The van der Waals surface area contributed by atoms with Gasteiger partial charge in [-0.25, -0.2) is 0 Å². The van der Waals surface area contributed by atoms with Crippen LogP contribution < -0.4 is 0 Å². The van der Waals surface area contributed by atoms with Crippen molar-refractivity contribution in [2.24, 2.45) is 5.92 Å². The summed E-state index contributed by atoms with van der Waals surface area (Å²) >= 11 is 3.17. The molecule has 2 nitrogen and oxygen atoms in total. The van der Waals surface area contributed by atoms with Crippen molar-refractivity contribution >= 4 is 21.9 Å². The largest absolute Gasteiger partial charge is 0.480 e. The lowest BCUT2D eigenvalue weighted by Gasteiger charge is -2.10. The molecule has 0 aromatic carbocycles. The zero-order chi connectivity index (χ0) is 7.56. The summed E-state index contributed by atoms with van der Waals surface area (Å²) in [6.07, 6.45) is 4.53. The van der Waals surface area contributed by atoms with Crippen LogP contribution in [0.4, 0.5) is 0 Å². The number of hydrogen-bond donors (Lipinski definition) is 1. The Morgan fingerprint density at radius 2 is 2.00 bits per heavy atom. The highest BCUT2D eigenvalue weighted by atomic mass is 79.9. The molecular formula is C7H11BrO2. The molecule has 0 bridgehead atoms. The van der Waals surface area contributed by atoms with E-state index < -0.39 is 5.97 Å². The van der Waals surface area contributed by atoms with E-state index in [1.165, 1.54) is 12.8 Å². The van der Waals surface area contributed by atoms with Crippen molar-refractivity contribution < 1.29 is 9.90 Å². The molecule has 3 heteroatoms. The summed E-state index contributed by atoms with van der Waals surface area (Å²) < 4.78 is 0. The van der Waals surface area contributed by atoms with Crippen LogP contribution >= 0.6 is 15.9 Å². The van der Waals surface area contributed by atoms with E-state index in [1.54, 1.807) is 0 Å². The second-order valence-corrected chi connectivity index (χ2v) is 3.77. The molecule has 0 spiro atoms. The Morgan fingerprint density at radius 3 is 2.40 bits per heavy atom. The molecule has 0 radical (unpaired) electrons. The number of aliphatic carboxylic acids is 1. The molecule has 0 unspecified atom stereocenters. The number of halogens is 1. The minimum atomic E-state index is -0.716. The van der Waals surface area contributed by atoms with Crippen molar-refractivity contribution in [1.29, 1.82) is 0 Å². The van der Waals surface area contributed by atoms with Gasteiger partial charge in [0.05, 0.1) is 0 Å².